The van der Waals surface area contributed by atoms with E-state index in [1.54, 1.807) is 0 Å². The van der Waals surface area contributed by atoms with Crippen LogP contribution in [0.3, 0.4) is 0 Å². The molecule has 0 aliphatic heterocycles. The molecule has 0 bridgehead atoms. The summed E-state index contributed by atoms with van der Waals surface area (Å²) in [6.07, 6.45) is 10.00. The van der Waals surface area contributed by atoms with Crippen molar-refractivity contribution in [2.45, 2.75) is 71.8 Å². The molecule has 0 aromatic carbocycles. The Balaban J connectivity index is 4.52. The molecular formula is C16H36O3SSi. The van der Waals surface area contributed by atoms with Crippen molar-refractivity contribution in [3.8, 4) is 0 Å². The first-order valence-electron chi connectivity index (χ1n) is 8.65. The second-order valence-corrected chi connectivity index (χ2v) is 9.10. The summed E-state index contributed by atoms with van der Waals surface area (Å²) in [5.74, 6) is 1.15. The minimum absolute atomic E-state index is 0.778. The predicted octanol–water partition coefficient (Wildman–Crippen LogP) is 5.13. The van der Waals surface area contributed by atoms with Gasteiger partial charge in [0.15, 0.2) is 0 Å². The van der Waals surface area contributed by atoms with Gasteiger partial charge in [0, 0.05) is 25.9 Å². The van der Waals surface area contributed by atoms with Gasteiger partial charge in [0.05, 0.1) is 0 Å². The van der Waals surface area contributed by atoms with E-state index in [2.05, 4.69) is 27.0 Å². The molecule has 3 nitrogen and oxygen atoms in total. The molecule has 0 aliphatic rings. The van der Waals surface area contributed by atoms with E-state index >= 15 is 0 Å². The Hall–Kier alpha value is 0.447. The van der Waals surface area contributed by atoms with Crippen molar-refractivity contribution >= 4 is 20.6 Å². The van der Waals surface area contributed by atoms with E-state index in [1.807, 2.05) is 11.8 Å². The van der Waals surface area contributed by atoms with E-state index in [4.69, 9.17) is 13.3 Å². The van der Waals surface area contributed by atoms with Crippen LogP contribution in [0, 0.1) is 0 Å². The van der Waals surface area contributed by atoms with Crippen LogP contribution in [0.2, 0.25) is 6.04 Å². The standard InChI is InChI=1S/C16H36O3SSi/c1-5-8-12-17-21(16-11-15-20-4,18-13-9-6-2)19-14-10-7-3/h5-16H2,1-4H3. The Morgan fingerprint density at radius 3 is 1.48 bits per heavy atom. The average Bonchev–Trinajstić information content (AvgIpc) is 2.48. The highest BCUT2D eigenvalue weighted by molar-refractivity contribution is 7.98. The van der Waals surface area contributed by atoms with E-state index < -0.39 is 8.80 Å². The third-order valence-corrected chi connectivity index (χ3v) is 6.89. The van der Waals surface area contributed by atoms with Gasteiger partial charge in [-0.15, -0.1) is 0 Å². The topological polar surface area (TPSA) is 27.7 Å². The molecule has 0 aliphatic carbocycles. The molecule has 0 atom stereocenters. The van der Waals surface area contributed by atoms with Crippen LogP contribution in [0.4, 0.5) is 0 Å². The molecule has 0 aromatic rings. The van der Waals surface area contributed by atoms with Crippen LogP contribution in [-0.4, -0.2) is 40.6 Å². The highest BCUT2D eigenvalue weighted by Gasteiger charge is 2.40. The maximum atomic E-state index is 6.20. The van der Waals surface area contributed by atoms with Crippen LogP contribution in [0.5, 0.6) is 0 Å². The molecule has 0 radical (unpaired) electrons. The van der Waals surface area contributed by atoms with Gasteiger partial charge in [-0.1, -0.05) is 40.0 Å². The highest BCUT2D eigenvalue weighted by Crippen LogP contribution is 2.21. The van der Waals surface area contributed by atoms with Gasteiger partial charge >= 0.3 is 8.80 Å². The molecule has 0 aromatic heterocycles. The average molecular weight is 337 g/mol. The zero-order valence-corrected chi connectivity index (χ0v) is 16.4. The van der Waals surface area contributed by atoms with Gasteiger partial charge in [0.1, 0.15) is 0 Å². The monoisotopic (exact) mass is 336 g/mol. The Kier molecular flexibility index (Phi) is 15.7. The van der Waals surface area contributed by atoms with Crippen LogP contribution in [0.1, 0.15) is 65.7 Å². The molecule has 0 saturated heterocycles. The third kappa shape index (κ3) is 11.6. The number of hydrogen-bond donors (Lipinski definition) is 0. The van der Waals surface area contributed by atoms with Gasteiger partial charge in [-0.2, -0.15) is 11.8 Å². The molecule has 0 amide bonds. The first kappa shape index (κ1) is 21.4. The molecule has 0 unspecified atom stereocenters. The van der Waals surface area contributed by atoms with Crippen LogP contribution in [0.15, 0.2) is 0 Å². The molecule has 0 heterocycles. The number of hydrogen-bond acceptors (Lipinski definition) is 4. The minimum Gasteiger partial charge on any atom is -0.373 e. The van der Waals surface area contributed by atoms with Crippen LogP contribution in [-0.2, 0) is 13.3 Å². The van der Waals surface area contributed by atoms with Crippen molar-refractivity contribution in [1.29, 1.82) is 0 Å². The van der Waals surface area contributed by atoms with E-state index in [1.165, 1.54) is 0 Å². The Labute approximate surface area is 137 Å². The maximum absolute atomic E-state index is 6.20. The lowest BCUT2D eigenvalue weighted by atomic mass is 10.4. The third-order valence-electron chi connectivity index (χ3n) is 3.29. The number of thioether (sulfide) groups is 1. The second kappa shape index (κ2) is 15.3. The summed E-state index contributed by atoms with van der Waals surface area (Å²) < 4.78 is 18.6. The first-order valence-corrected chi connectivity index (χ1v) is 12.0. The van der Waals surface area contributed by atoms with Gasteiger partial charge in [-0.3, -0.25) is 0 Å². The fraction of sp³-hybridized carbons (Fsp3) is 1.00. The number of unbranched alkanes of at least 4 members (excludes halogenated alkanes) is 3. The van der Waals surface area contributed by atoms with Gasteiger partial charge in [-0.05, 0) is 37.7 Å². The van der Waals surface area contributed by atoms with E-state index in [0.29, 0.717) is 0 Å². The fourth-order valence-corrected chi connectivity index (χ4v) is 5.24. The molecular weight excluding hydrogens is 300 g/mol. The normalized spacial score (nSPS) is 12.0. The zero-order valence-electron chi connectivity index (χ0n) is 14.6. The molecule has 21 heavy (non-hydrogen) atoms. The Morgan fingerprint density at radius 1 is 0.714 bits per heavy atom. The maximum Gasteiger partial charge on any atom is 0.500 e. The summed E-state index contributed by atoms with van der Waals surface area (Å²) in [4.78, 5) is 0. The van der Waals surface area contributed by atoms with Crippen LogP contribution < -0.4 is 0 Å². The summed E-state index contributed by atoms with van der Waals surface area (Å²) in [6, 6.07) is 0.963. The summed E-state index contributed by atoms with van der Waals surface area (Å²) in [5.41, 5.74) is 0. The van der Waals surface area contributed by atoms with E-state index in [-0.39, 0.29) is 0 Å². The van der Waals surface area contributed by atoms with Crippen molar-refractivity contribution in [1.82, 2.24) is 0 Å². The molecule has 0 rings (SSSR count). The molecule has 0 N–H and O–H groups in total. The van der Waals surface area contributed by atoms with Crippen molar-refractivity contribution < 1.29 is 13.3 Å². The summed E-state index contributed by atoms with van der Waals surface area (Å²) in [7, 11) is -2.46. The molecule has 5 heteroatoms. The van der Waals surface area contributed by atoms with Crippen molar-refractivity contribution in [3.05, 3.63) is 0 Å². The van der Waals surface area contributed by atoms with Crippen LogP contribution >= 0.6 is 11.8 Å². The zero-order chi connectivity index (χ0) is 15.8. The second-order valence-electron chi connectivity index (χ2n) is 5.39. The SMILES string of the molecule is CCCCO[Si](CCCSC)(OCCCC)OCCCC. The molecule has 0 fully saturated rings. The smallest absolute Gasteiger partial charge is 0.373 e. The van der Waals surface area contributed by atoms with Gasteiger partial charge in [-0.25, -0.2) is 0 Å². The van der Waals surface area contributed by atoms with Crippen molar-refractivity contribution in [3.63, 3.8) is 0 Å². The molecule has 0 spiro atoms. The highest BCUT2D eigenvalue weighted by atomic mass is 32.2. The van der Waals surface area contributed by atoms with E-state index in [0.717, 1.165) is 76.6 Å². The predicted molar refractivity (Wildman–Crippen MR) is 96.1 cm³/mol. The first-order chi connectivity index (χ1) is 10.2. The number of rotatable bonds is 16. The van der Waals surface area contributed by atoms with Crippen molar-refractivity contribution in [2.24, 2.45) is 0 Å². The van der Waals surface area contributed by atoms with Crippen molar-refractivity contribution in [2.75, 3.05) is 31.8 Å². The largest absolute Gasteiger partial charge is 0.500 e. The lowest BCUT2D eigenvalue weighted by molar-refractivity contribution is 0.0562. The summed E-state index contributed by atoms with van der Waals surface area (Å²) >= 11 is 1.88. The summed E-state index contributed by atoms with van der Waals surface area (Å²) in [6.45, 7) is 8.91. The lowest BCUT2D eigenvalue weighted by Gasteiger charge is -2.30. The Bertz CT molecular complexity index is 172. The van der Waals surface area contributed by atoms with Crippen LogP contribution in [0.25, 0.3) is 0 Å². The van der Waals surface area contributed by atoms with Gasteiger partial charge in [0.2, 0.25) is 0 Å². The summed E-state index contributed by atoms with van der Waals surface area (Å²) in [5, 5.41) is 0. The fourth-order valence-electron chi connectivity index (χ4n) is 1.89. The minimum atomic E-state index is -2.46. The Morgan fingerprint density at radius 2 is 1.14 bits per heavy atom. The molecule has 128 valence electrons. The van der Waals surface area contributed by atoms with Gasteiger partial charge in [0.25, 0.3) is 0 Å². The quantitative estimate of drug-likeness (QED) is 0.288. The molecule has 0 saturated carbocycles. The van der Waals surface area contributed by atoms with E-state index in [9.17, 15) is 0 Å². The lowest BCUT2D eigenvalue weighted by Crippen LogP contribution is -2.46. The van der Waals surface area contributed by atoms with Gasteiger partial charge < -0.3 is 13.3 Å².